The number of benzene rings is 2. The molecule has 8 heteroatoms. The predicted octanol–water partition coefficient (Wildman–Crippen LogP) is 3.39. The van der Waals surface area contributed by atoms with Gasteiger partial charge in [-0.25, -0.2) is 13.1 Å². The molecule has 6 nitrogen and oxygen atoms in total. The Morgan fingerprint density at radius 1 is 1.14 bits per heavy atom. The number of rotatable bonds is 9. The third-order valence-corrected chi connectivity index (χ3v) is 6.22. The van der Waals surface area contributed by atoms with Crippen LogP contribution in [-0.4, -0.2) is 27.5 Å². The van der Waals surface area contributed by atoms with E-state index in [1.54, 1.807) is 39.2 Å². The van der Waals surface area contributed by atoms with Crippen LogP contribution in [0.5, 0.6) is 5.75 Å². The summed E-state index contributed by atoms with van der Waals surface area (Å²) < 4.78 is 33.1. The van der Waals surface area contributed by atoms with Gasteiger partial charge in [-0.2, -0.15) is 0 Å². The minimum atomic E-state index is -3.55. The molecule has 2 aromatic rings. The molecule has 0 aliphatic rings. The molecule has 0 aliphatic carbocycles. The van der Waals surface area contributed by atoms with E-state index in [0.29, 0.717) is 12.8 Å². The maximum atomic E-state index is 12.3. The lowest BCUT2D eigenvalue weighted by Gasteiger charge is -2.11. The Balaban J connectivity index is 1.91. The lowest BCUT2D eigenvalue weighted by atomic mass is 10.1. The lowest BCUT2D eigenvalue weighted by Crippen LogP contribution is -2.30. The van der Waals surface area contributed by atoms with Crippen molar-refractivity contribution in [1.29, 1.82) is 0 Å². The lowest BCUT2D eigenvalue weighted by molar-refractivity contribution is -0.121. The van der Waals surface area contributed by atoms with Gasteiger partial charge in [0.15, 0.2) is 0 Å². The molecule has 1 amide bonds. The molecule has 2 N–H and O–H groups in total. The van der Waals surface area contributed by atoms with E-state index in [4.69, 9.17) is 4.74 Å². The van der Waals surface area contributed by atoms with E-state index in [2.05, 4.69) is 26.0 Å². The topological polar surface area (TPSA) is 84.5 Å². The van der Waals surface area contributed by atoms with E-state index in [-0.39, 0.29) is 23.4 Å². The van der Waals surface area contributed by atoms with Crippen LogP contribution >= 0.6 is 15.9 Å². The molecular formula is C20H25BrN2O4S. The minimum Gasteiger partial charge on any atom is -0.496 e. The van der Waals surface area contributed by atoms with Gasteiger partial charge in [0.1, 0.15) is 5.75 Å². The van der Waals surface area contributed by atoms with Crippen LogP contribution in [0.2, 0.25) is 0 Å². The fourth-order valence-corrected chi connectivity index (χ4v) is 4.52. The SMILES string of the molecule is COc1ccc(CCC(=O)NCc2cccc(S(=O)(=O)NC(C)C)c2)cc1Br. The average molecular weight is 469 g/mol. The third-order valence-electron chi connectivity index (χ3n) is 3.95. The van der Waals surface area contributed by atoms with Crippen LogP contribution < -0.4 is 14.8 Å². The van der Waals surface area contributed by atoms with Gasteiger partial charge in [-0.1, -0.05) is 18.2 Å². The van der Waals surface area contributed by atoms with Crippen LogP contribution in [0, 0.1) is 0 Å². The van der Waals surface area contributed by atoms with Crippen LogP contribution in [0.3, 0.4) is 0 Å². The Labute approximate surface area is 174 Å². The van der Waals surface area contributed by atoms with Crippen molar-refractivity contribution in [2.24, 2.45) is 0 Å². The van der Waals surface area contributed by atoms with E-state index in [1.165, 1.54) is 6.07 Å². The number of amides is 1. The maximum Gasteiger partial charge on any atom is 0.240 e. The second-order valence-electron chi connectivity index (χ2n) is 6.67. The zero-order chi connectivity index (χ0) is 20.7. The summed E-state index contributed by atoms with van der Waals surface area (Å²) >= 11 is 3.43. The second kappa shape index (κ2) is 10.0. The van der Waals surface area contributed by atoms with E-state index in [0.717, 1.165) is 21.3 Å². The van der Waals surface area contributed by atoms with E-state index < -0.39 is 10.0 Å². The number of hydrogen-bond acceptors (Lipinski definition) is 4. The van der Waals surface area contributed by atoms with Crippen molar-refractivity contribution in [2.75, 3.05) is 7.11 Å². The van der Waals surface area contributed by atoms with Crippen LogP contribution in [0.25, 0.3) is 0 Å². The average Bonchev–Trinajstić information content (AvgIpc) is 2.64. The first kappa shape index (κ1) is 22.4. The minimum absolute atomic E-state index is 0.0968. The van der Waals surface area contributed by atoms with Gasteiger partial charge in [0.25, 0.3) is 0 Å². The molecule has 0 fully saturated rings. The number of methoxy groups -OCH3 is 1. The summed E-state index contributed by atoms with van der Waals surface area (Å²) in [4.78, 5) is 12.3. The van der Waals surface area contributed by atoms with Gasteiger partial charge in [0.2, 0.25) is 15.9 Å². The molecule has 0 heterocycles. The van der Waals surface area contributed by atoms with Gasteiger partial charge in [-0.15, -0.1) is 0 Å². The number of hydrogen-bond donors (Lipinski definition) is 2. The van der Waals surface area contributed by atoms with Crippen LogP contribution in [-0.2, 0) is 27.8 Å². The van der Waals surface area contributed by atoms with Crippen LogP contribution in [0.1, 0.15) is 31.4 Å². The first-order valence-electron chi connectivity index (χ1n) is 8.91. The zero-order valence-electron chi connectivity index (χ0n) is 16.2. The highest BCUT2D eigenvalue weighted by Gasteiger charge is 2.15. The standard InChI is InChI=1S/C20H25BrN2O4S/c1-14(2)23-28(25,26)17-6-4-5-16(11-17)13-22-20(24)10-8-15-7-9-19(27-3)18(21)12-15/h4-7,9,11-12,14,23H,8,10,13H2,1-3H3,(H,22,24). The van der Waals surface area contributed by atoms with Gasteiger partial charge in [-0.3, -0.25) is 4.79 Å². The Morgan fingerprint density at radius 2 is 1.89 bits per heavy atom. The Morgan fingerprint density at radius 3 is 2.54 bits per heavy atom. The molecule has 0 unspecified atom stereocenters. The fraction of sp³-hybridized carbons (Fsp3) is 0.350. The first-order chi connectivity index (χ1) is 13.2. The monoisotopic (exact) mass is 468 g/mol. The number of aryl methyl sites for hydroxylation is 1. The van der Waals surface area contributed by atoms with Crippen molar-refractivity contribution in [1.82, 2.24) is 10.0 Å². The number of sulfonamides is 1. The van der Waals surface area contributed by atoms with Crippen molar-refractivity contribution in [2.45, 2.75) is 44.2 Å². The summed E-state index contributed by atoms with van der Waals surface area (Å²) in [5.41, 5.74) is 1.75. The molecule has 0 saturated heterocycles. The summed E-state index contributed by atoms with van der Waals surface area (Å²) in [6.07, 6.45) is 0.937. The van der Waals surface area contributed by atoms with Crippen molar-refractivity contribution >= 4 is 31.9 Å². The normalized spacial score (nSPS) is 11.5. The molecule has 0 spiro atoms. The second-order valence-corrected chi connectivity index (χ2v) is 9.24. The molecule has 2 rings (SSSR count). The van der Waals surface area contributed by atoms with Crippen molar-refractivity contribution in [3.8, 4) is 5.75 Å². The zero-order valence-corrected chi connectivity index (χ0v) is 18.6. The van der Waals surface area contributed by atoms with E-state index >= 15 is 0 Å². The molecule has 2 aromatic carbocycles. The molecular weight excluding hydrogens is 444 g/mol. The number of carbonyl (C=O) groups is 1. The number of nitrogens with one attached hydrogen (secondary N) is 2. The smallest absolute Gasteiger partial charge is 0.240 e. The fourth-order valence-electron chi connectivity index (χ4n) is 2.61. The highest BCUT2D eigenvalue weighted by molar-refractivity contribution is 9.10. The Bertz CT molecular complexity index is 930. The number of halogens is 1. The highest BCUT2D eigenvalue weighted by atomic mass is 79.9. The van der Waals surface area contributed by atoms with E-state index in [1.807, 2.05) is 18.2 Å². The summed E-state index contributed by atoms with van der Waals surface area (Å²) in [5, 5.41) is 2.84. The molecule has 28 heavy (non-hydrogen) atoms. The van der Waals surface area contributed by atoms with Crippen molar-refractivity contribution in [3.05, 3.63) is 58.1 Å². The molecule has 152 valence electrons. The Hall–Kier alpha value is -1.90. The molecule has 0 aliphatic heterocycles. The van der Waals surface area contributed by atoms with Crippen molar-refractivity contribution < 1.29 is 17.9 Å². The number of carbonyl (C=O) groups excluding carboxylic acids is 1. The van der Waals surface area contributed by atoms with E-state index in [9.17, 15) is 13.2 Å². The molecule has 0 radical (unpaired) electrons. The number of ether oxygens (including phenoxy) is 1. The highest BCUT2D eigenvalue weighted by Crippen LogP contribution is 2.26. The first-order valence-corrected chi connectivity index (χ1v) is 11.2. The summed E-state index contributed by atoms with van der Waals surface area (Å²) in [6, 6.07) is 12.1. The van der Waals surface area contributed by atoms with Gasteiger partial charge >= 0.3 is 0 Å². The molecule has 0 saturated carbocycles. The largest absolute Gasteiger partial charge is 0.496 e. The molecule has 0 atom stereocenters. The summed E-state index contributed by atoms with van der Waals surface area (Å²) in [7, 11) is -1.95. The molecule has 0 aromatic heterocycles. The van der Waals surface area contributed by atoms with Gasteiger partial charge in [0.05, 0.1) is 16.5 Å². The summed E-state index contributed by atoms with van der Waals surface area (Å²) in [5.74, 6) is 0.649. The quantitative estimate of drug-likeness (QED) is 0.590. The third kappa shape index (κ3) is 6.61. The van der Waals surface area contributed by atoms with Gasteiger partial charge in [0, 0.05) is 19.0 Å². The van der Waals surface area contributed by atoms with Gasteiger partial charge in [-0.05, 0) is 71.6 Å². The van der Waals surface area contributed by atoms with Crippen LogP contribution in [0.15, 0.2) is 51.8 Å². The predicted molar refractivity (Wildman–Crippen MR) is 113 cm³/mol. The molecule has 0 bridgehead atoms. The summed E-state index contributed by atoms with van der Waals surface area (Å²) in [6.45, 7) is 3.81. The van der Waals surface area contributed by atoms with Gasteiger partial charge < -0.3 is 10.1 Å². The Kier molecular flexibility index (Phi) is 8.03. The van der Waals surface area contributed by atoms with Crippen LogP contribution in [0.4, 0.5) is 0 Å². The maximum absolute atomic E-state index is 12.3. The van der Waals surface area contributed by atoms with Crippen molar-refractivity contribution in [3.63, 3.8) is 0 Å².